The van der Waals surface area contributed by atoms with Gasteiger partial charge in [-0.15, -0.1) is 0 Å². The summed E-state index contributed by atoms with van der Waals surface area (Å²) < 4.78 is 6.22. The van der Waals surface area contributed by atoms with Crippen LogP contribution in [0.4, 0.5) is 0 Å². The number of aliphatic hydroxyl groups excluding tert-OH is 2. The first-order chi connectivity index (χ1) is 8.61. The van der Waals surface area contributed by atoms with Crippen LogP contribution in [-0.4, -0.2) is 44.3 Å². The molecule has 2 heterocycles. The largest absolute Gasteiger partial charge is 0.393 e. The third-order valence-electron chi connectivity index (χ3n) is 6.15. The van der Waals surface area contributed by atoms with Crippen LogP contribution in [0.3, 0.4) is 0 Å². The molecular weight excluding hydrogens is 244 g/mol. The molecule has 0 aromatic heterocycles. The molecule has 4 rings (SSSR count). The van der Waals surface area contributed by atoms with Gasteiger partial charge in [0.2, 0.25) is 0 Å². The number of hydrogen-bond donors (Lipinski definition) is 3. The summed E-state index contributed by atoms with van der Waals surface area (Å²) >= 11 is 0. The quantitative estimate of drug-likeness (QED) is 0.616. The molecule has 0 spiro atoms. The minimum atomic E-state index is -1.22. The first-order valence-corrected chi connectivity index (χ1v) is 7.39. The van der Waals surface area contributed by atoms with Crippen LogP contribution in [0.2, 0.25) is 0 Å². The molecule has 2 aliphatic heterocycles. The SMILES string of the molecule is C[C@@H]1C[C@H](O)[C@@H]2[C@@H]1C[C@@]1(O)[C@H](O)C[C@]2(C)OC1(C)C. The van der Waals surface area contributed by atoms with Crippen LogP contribution in [0, 0.1) is 17.8 Å². The average Bonchev–Trinajstić information content (AvgIpc) is 2.42. The van der Waals surface area contributed by atoms with E-state index in [0.717, 1.165) is 6.42 Å². The molecule has 7 atom stereocenters. The van der Waals surface area contributed by atoms with E-state index >= 15 is 0 Å². The topological polar surface area (TPSA) is 69.9 Å². The monoisotopic (exact) mass is 270 g/mol. The van der Waals surface area contributed by atoms with E-state index in [1.807, 2.05) is 20.8 Å². The summed E-state index contributed by atoms with van der Waals surface area (Å²) in [5, 5.41) is 31.9. The van der Waals surface area contributed by atoms with E-state index in [0.29, 0.717) is 18.8 Å². The average molecular weight is 270 g/mol. The number of ether oxygens (including phenoxy) is 1. The second kappa shape index (κ2) is 3.73. The van der Waals surface area contributed by atoms with Crippen molar-refractivity contribution in [1.29, 1.82) is 0 Å². The van der Waals surface area contributed by atoms with Crippen molar-refractivity contribution >= 4 is 0 Å². The Balaban J connectivity index is 2.11. The van der Waals surface area contributed by atoms with Crippen molar-refractivity contribution in [3.8, 4) is 0 Å². The molecule has 0 radical (unpaired) electrons. The van der Waals surface area contributed by atoms with Crippen LogP contribution in [0.25, 0.3) is 0 Å². The zero-order chi connectivity index (χ0) is 14.2. The highest BCUT2D eigenvalue weighted by Crippen LogP contribution is 2.59. The van der Waals surface area contributed by atoms with E-state index in [1.54, 1.807) is 0 Å². The van der Waals surface area contributed by atoms with Crippen LogP contribution in [0.15, 0.2) is 0 Å². The second-order valence-corrected chi connectivity index (χ2v) is 7.74. The van der Waals surface area contributed by atoms with Crippen molar-refractivity contribution in [2.75, 3.05) is 0 Å². The van der Waals surface area contributed by atoms with Crippen LogP contribution in [0.5, 0.6) is 0 Å². The van der Waals surface area contributed by atoms with Crippen LogP contribution >= 0.6 is 0 Å². The third kappa shape index (κ3) is 1.60. The Morgan fingerprint density at radius 3 is 2.32 bits per heavy atom. The predicted octanol–water partition coefficient (Wildman–Crippen LogP) is 1.07. The Kier molecular flexibility index (Phi) is 2.71. The fourth-order valence-electron chi connectivity index (χ4n) is 5.14. The molecule has 4 fully saturated rings. The lowest BCUT2D eigenvalue weighted by Crippen LogP contribution is -2.66. The van der Waals surface area contributed by atoms with Crippen LogP contribution < -0.4 is 0 Å². The Morgan fingerprint density at radius 1 is 1.11 bits per heavy atom. The van der Waals surface area contributed by atoms with Gasteiger partial charge in [0.1, 0.15) is 5.60 Å². The summed E-state index contributed by atoms with van der Waals surface area (Å²) in [6.07, 6.45) is 0.498. The highest BCUT2D eigenvalue weighted by atomic mass is 16.5. The molecule has 110 valence electrons. The lowest BCUT2D eigenvalue weighted by atomic mass is 9.72. The van der Waals surface area contributed by atoms with Gasteiger partial charge >= 0.3 is 0 Å². The molecular formula is C15H26O4. The highest BCUT2D eigenvalue weighted by Gasteiger charge is 2.67. The molecule has 4 heteroatoms. The van der Waals surface area contributed by atoms with Gasteiger partial charge in [-0.3, -0.25) is 0 Å². The summed E-state index contributed by atoms with van der Waals surface area (Å²) in [7, 11) is 0. The molecule has 4 nitrogen and oxygen atoms in total. The molecule has 19 heavy (non-hydrogen) atoms. The minimum Gasteiger partial charge on any atom is -0.393 e. The van der Waals surface area contributed by atoms with Gasteiger partial charge in [-0.1, -0.05) is 6.92 Å². The van der Waals surface area contributed by atoms with Crippen LogP contribution in [0.1, 0.15) is 47.0 Å². The number of rotatable bonds is 0. The number of fused-ring (bicyclic) bond motifs is 2. The van der Waals surface area contributed by atoms with Gasteiger partial charge in [-0.2, -0.15) is 0 Å². The summed E-state index contributed by atoms with van der Waals surface area (Å²) in [6, 6.07) is 0. The van der Waals surface area contributed by atoms with E-state index in [9.17, 15) is 15.3 Å². The van der Waals surface area contributed by atoms with Gasteiger partial charge in [-0.05, 0) is 45.4 Å². The minimum absolute atomic E-state index is 0.00736. The number of aliphatic hydroxyl groups is 3. The van der Waals surface area contributed by atoms with E-state index in [-0.39, 0.29) is 11.8 Å². The lowest BCUT2D eigenvalue weighted by Gasteiger charge is -2.54. The first kappa shape index (κ1) is 13.8. The molecule has 3 N–H and O–H groups in total. The third-order valence-corrected chi connectivity index (χ3v) is 6.15. The zero-order valence-corrected chi connectivity index (χ0v) is 12.3. The van der Waals surface area contributed by atoms with Gasteiger partial charge < -0.3 is 20.1 Å². The van der Waals surface area contributed by atoms with E-state index in [2.05, 4.69) is 6.92 Å². The van der Waals surface area contributed by atoms with Crippen molar-refractivity contribution in [2.24, 2.45) is 17.8 Å². The second-order valence-electron chi connectivity index (χ2n) is 7.74. The Bertz CT molecular complexity index is 396. The summed E-state index contributed by atoms with van der Waals surface area (Å²) in [6.45, 7) is 7.82. The van der Waals surface area contributed by atoms with Gasteiger partial charge in [0.15, 0.2) is 0 Å². The Hall–Kier alpha value is -0.160. The summed E-state index contributed by atoms with van der Waals surface area (Å²) in [5.74, 6) is 0.575. The fourth-order valence-corrected chi connectivity index (χ4v) is 5.14. The molecule has 2 saturated carbocycles. The predicted molar refractivity (Wildman–Crippen MR) is 70.5 cm³/mol. The van der Waals surface area contributed by atoms with Crippen molar-refractivity contribution < 1.29 is 20.1 Å². The molecule has 0 unspecified atom stereocenters. The van der Waals surface area contributed by atoms with Gasteiger partial charge in [0.05, 0.1) is 23.4 Å². The van der Waals surface area contributed by atoms with Crippen molar-refractivity contribution in [2.45, 2.75) is 76.0 Å². The van der Waals surface area contributed by atoms with Crippen molar-refractivity contribution in [3.05, 3.63) is 0 Å². The standard InChI is InChI=1S/C15H26O4/c1-8-5-10(16)12-9(8)6-15(18)11(17)7-14(12,4)19-13(15,2)3/h8-12,16-18H,5-7H2,1-4H3/t8-,9-,10+,11-,12+,14+,15-/m1/s1. The normalized spacial score (nSPS) is 59.8. The lowest BCUT2D eigenvalue weighted by molar-refractivity contribution is -0.296. The maximum atomic E-state index is 11.0. The van der Waals surface area contributed by atoms with E-state index < -0.39 is 29.0 Å². The van der Waals surface area contributed by atoms with Gasteiger partial charge in [0, 0.05) is 12.3 Å². The molecule has 2 saturated heterocycles. The summed E-state index contributed by atoms with van der Waals surface area (Å²) in [5.41, 5.74) is -2.56. The highest BCUT2D eigenvalue weighted by molar-refractivity contribution is 5.17. The molecule has 0 amide bonds. The summed E-state index contributed by atoms with van der Waals surface area (Å²) in [4.78, 5) is 0. The fraction of sp³-hybridized carbons (Fsp3) is 1.00. The first-order valence-electron chi connectivity index (χ1n) is 7.39. The molecule has 2 aliphatic carbocycles. The smallest absolute Gasteiger partial charge is 0.119 e. The molecule has 0 aromatic carbocycles. The maximum Gasteiger partial charge on any atom is 0.119 e. The van der Waals surface area contributed by atoms with Crippen molar-refractivity contribution in [1.82, 2.24) is 0 Å². The van der Waals surface area contributed by atoms with Crippen molar-refractivity contribution in [3.63, 3.8) is 0 Å². The molecule has 0 aromatic rings. The Labute approximate surface area is 114 Å². The van der Waals surface area contributed by atoms with E-state index in [1.165, 1.54) is 0 Å². The van der Waals surface area contributed by atoms with E-state index in [4.69, 9.17) is 4.74 Å². The van der Waals surface area contributed by atoms with Gasteiger partial charge in [0.25, 0.3) is 0 Å². The number of hydrogen-bond acceptors (Lipinski definition) is 4. The van der Waals surface area contributed by atoms with Crippen LogP contribution in [-0.2, 0) is 4.74 Å². The molecule has 4 aliphatic rings. The molecule has 2 bridgehead atoms. The maximum absolute atomic E-state index is 11.0. The Morgan fingerprint density at radius 2 is 1.74 bits per heavy atom. The zero-order valence-electron chi connectivity index (χ0n) is 12.3. The van der Waals surface area contributed by atoms with Gasteiger partial charge in [-0.25, -0.2) is 0 Å².